The molecule has 0 aromatic heterocycles. The topological polar surface area (TPSA) is 21.3 Å². The van der Waals surface area contributed by atoms with Crippen molar-refractivity contribution in [3.63, 3.8) is 0 Å². The van der Waals surface area contributed by atoms with Crippen LogP contribution < -0.4 is 10.1 Å². The van der Waals surface area contributed by atoms with Crippen molar-refractivity contribution in [2.45, 2.75) is 32.1 Å². The minimum absolute atomic E-state index is 0.848. The lowest BCUT2D eigenvalue weighted by atomic mass is 9.98. The number of nitrogens with one attached hydrogen (secondary N) is 1. The molecule has 1 heterocycles. The quantitative estimate of drug-likeness (QED) is 0.788. The van der Waals surface area contributed by atoms with Gasteiger partial charge in [-0.05, 0) is 56.8 Å². The largest absolute Gasteiger partial charge is 0.494 e. The molecule has 0 amide bonds. The summed E-state index contributed by atoms with van der Waals surface area (Å²) in [6.07, 6.45) is 6.58. The van der Waals surface area contributed by atoms with Gasteiger partial charge >= 0.3 is 0 Å². The summed E-state index contributed by atoms with van der Waals surface area (Å²) in [5.41, 5.74) is 0. The molecule has 17 heavy (non-hydrogen) atoms. The van der Waals surface area contributed by atoms with E-state index < -0.39 is 0 Å². The maximum Gasteiger partial charge on any atom is 0.119 e. The van der Waals surface area contributed by atoms with Crippen molar-refractivity contribution in [3.8, 4) is 5.75 Å². The lowest BCUT2D eigenvalue weighted by molar-refractivity contribution is 0.288. The Hall–Kier alpha value is -1.02. The molecule has 1 aromatic carbocycles. The zero-order valence-electron chi connectivity index (χ0n) is 10.5. The second kappa shape index (κ2) is 7.33. The second-order valence-corrected chi connectivity index (χ2v) is 4.87. The molecule has 2 rings (SSSR count). The summed E-state index contributed by atoms with van der Waals surface area (Å²) in [7, 11) is 0. The average molecular weight is 233 g/mol. The number of benzene rings is 1. The molecule has 1 aromatic rings. The SMILES string of the molecule is c1ccc(OCCCC2CCCCNC2)cc1. The van der Waals surface area contributed by atoms with Gasteiger partial charge in [0, 0.05) is 0 Å². The molecule has 1 aliphatic heterocycles. The van der Waals surface area contributed by atoms with Gasteiger partial charge < -0.3 is 10.1 Å². The number of para-hydroxylation sites is 1. The third kappa shape index (κ3) is 4.78. The van der Waals surface area contributed by atoms with Crippen LogP contribution in [-0.2, 0) is 0 Å². The van der Waals surface area contributed by atoms with E-state index in [2.05, 4.69) is 5.32 Å². The number of rotatable bonds is 5. The second-order valence-electron chi connectivity index (χ2n) is 4.87. The zero-order chi connectivity index (χ0) is 11.8. The molecule has 2 heteroatoms. The van der Waals surface area contributed by atoms with Crippen molar-refractivity contribution in [1.82, 2.24) is 5.32 Å². The van der Waals surface area contributed by atoms with Gasteiger partial charge in [-0.15, -0.1) is 0 Å². The summed E-state index contributed by atoms with van der Waals surface area (Å²) in [4.78, 5) is 0. The minimum Gasteiger partial charge on any atom is -0.494 e. The summed E-state index contributed by atoms with van der Waals surface area (Å²) in [6, 6.07) is 10.1. The van der Waals surface area contributed by atoms with Crippen LogP contribution in [-0.4, -0.2) is 19.7 Å². The average Bonchev–Trinajstić information content (AvgIpc) is 2.65. The Kier molecular flexibility index (Phi) is 5.37. The molecule has 0 bridgehead atoms. The molecule has 1 N–H and O–H groups in total. The summed E-state index contributed by atoms with van der Waals surface area (Å²) in [5, 5.41) is 3.52. The third-order valence-corrected chi connectivity index (χ3v) is 3.42. The predicted molar refractivity (Wildman–Crippen MR) is 71.4 cm³/mol. The van der Waals surface area contributed by atoms with Crippen LogP contribution >= 0.6 is 0 Å². The van der Waals surface area contributed by atoms with Crippen LogP contribution in [0.25, 0.3) is 0 Å². The molecule has 1 atom stereocenters. The highest BCUT2D eigenvalue weighted by molar-refractivity contribution is 5.20. The standard InChI is InChI=1S/C15H23NO/c1-2-9-15(10-3-1)17-12-6-8-14-7-4-5-11-16-13-14/h1-3,9-10,14,16H,4-8,11-13H2. The van der Waals surface area contributed by atoms with Crippen LogP contribution in [0.15, 0.2) is 30.3 Å². The fourth-order valence-corrected chi connectivity index (χ4v) is 2.42. The predicted octanol–water partition coefficient (Wildman–Crippen LogP) is 3.24. The van der Waals surface area contributed by atoms with E-state index >= 15 is 0 Å². The van der Waals surface area contributed by atoms with E-state index in [0.29, 0.717) is 0 Å². The number of ether oxygens (including phenoxy) is 1. The van der Waals surface area contributed by atoms with Gasteiger partial charge in [0.25, 0.3) is 0 Å². The van der Waals surface area contributed by atoms with Crippen molar-refractivity contribution < 1.29 is 4.74 Å². The highest BCUT2D eigenvalue weighted by Gasteiger charge is 2.11. The Morgan fingerprint density at radius 1 is 1.18 bits per heavy atom. The first-order chi connectivity index (χ1) is 8.45. The third-order valence-electron chi connectivity index (χ3n) is 3.42. The van der Waals surface area contributed by atoms with Crippen molar-refractivity contribution in [2.75, 3.05) is 19.7 Å². The van der Waals surface area contributed by atoms with Gasteiger partial charge in [0.2, 0.25) is 0 Å². The van der Waals surface area contributed by atoms with Gasteiger partial charge in [-0.2, -0.15) is 0 Å². The van der Waals surface area contributed by atoms with E-state index in [9.17, 15) is 0 Å². The lowest BCUT2D eigenvalue weighted by Gasteiger charge is -2.14. The molecule has 0 saturated carbocycles. The Balaban J connectivity index is 1.59. The lowest BCUT2D eigenvalue weighted by Crippen LogP contribution is -2.20. The number of hydrogen-bond donors (Lipinski definition) is 1. The Labute approximate surface area is 104 Å². The highest BCUT2D eigenvalue weighted by atomic mass is 16.5. The Morgan fingerprint density at radius 3 is 2.94 bits per heavy atom. The zero-order valence-corrected chi connectivity index (χ0v) is 10.5. The highest BCUT2D eigenvalue weighted by Crippen LogP contribution is 2.17. The molecule has 1 saturated heterocycles. The maximum atomic E-state index is 5.71. The molecule has 0 radical (unpaired) electrons. The normalized spacial score (nSPS) is 20.8. The number of hydrogen-bond acceptors (Lipinski definition) is 2. The van der Waals surface area contributed by atoms with Crippen LogP contribution in [0, 0.1) is 5.92 Å². The molecule has 94 valence electrons. The monoisotopic (exact) mass is 233 g/mol. The first kappa shape index (κ1) is 12.4. The van der Waals surface area contributed by atoms with Crippen LogP contribution in [0.3, 0.4) is 0 Å². The fourth-order valence-electron chi connectivity index (χ4n) is 2.42. The first-order valence-electron chi connectivity index (χ1n) is 6.84. The van der Waals surface area contributed by atoms with Gasteiger partial charge in [0.15, 0.2) is 0 Å². The van der Waals surface area contributed by atoms with Crippen molar-refractivity contribution in [3.05, 3.63) is 30.3 Å². The van der Waals surface area contributed by atoms with Crippen LogP contribution in [0.2, 0.25) is 0 Å². The molecule has 0 spiro atoms. The van der Waals surface area contributed by atoms with E-state index in [-0.39, 0.29) is 0 Å². The molecule has 1 aliphatic rings. The molecule has 0 aliphatic carbocycles. The van der Waals surface area contributed by atoms with Gasteiger partial charge in [-0.25, -0.2) is 0 Å². The van der Waals surface area contributed by atoms with E-state index in [1.807, 2.05) is 30.3 Å². The van der Waals surface area contributed by atoms with Gasteiger partial charge in [0.05, 0.1) is 6.61 Å². The Morgan fingerprint density at radius 2 is 2.06 bits per heavy atom. The van der Waals surface area contributed by atoms with E-state index in [4.69, 9.17) is 4.74 Å². The van der Waals surface area contributed by atoms with E-state index in [1.165, 1.54) is 45.2 Å². The van der Waals surface area contributed by atoms with E-state index in [0.717, 1.165) is 18.3 Å². The summed E-state index contributed by atoms with van der Waals surface area (Å²) < 4.78 is 5.71. The van der Waals surface area contributed by atoms with Gasteiger partial charge in [0.1, 0.15) is 5.75 Å². The van der Waals surface area contributed by atoms with Crippen molar-refractivity contribution in [1.29, 1.82) is 0 Å². The van der Waals surface area contributed by atoms with Gasteiger partial charge in [-0.1, -0.05) is 24.6 Å². The summed E-state index contributed by atoms with van der Waals surface area (Å²) in [5.74, 6) is 1.85. The smallest absolute Gasteiger partial charge is 0.119 e. The summed E-state index contributed by atoms with van der Waals surface area (Å²) in [6.45, 7) is 3.25. The van der Waals surface area contributed by atoms with Crippen LogP contribution in [0.4, 0.5) is 0 Å². The molecular formula is C15H23NO. The van der Waals surface area contributed by atoms with Crippen LogP contribution in [0.5, 0.6) is 5.75 Å². The molecule has 1 unspecified atom stereocenters. The minimum atomic E-state index is 0.848. The Bertz CT molecular complexity index is 291. The maximum absolute atomic E-state index is 5.71. The molecule has 1 fully saturated rings. The van der Waals surface area contributed by atoms with E-state index in [1.54, 1.807) is 0 Å². The van der Waals surface area contributed by atoms with Crippen molar-refractivity contribution >= 4 is 0 Å². The molecule has 2 nitrogen and oxygen atoms in total. The fraction of sp³-hybridized carbons (Fsp3) is 0.600. The van der Waals surface area contributed by atoms with Crippen molar-refractivity contribution in [2.24, 2.45) is 5.92 Å². The van der Waals surface area contributed by atoms with Gasteiger partial charge in [-0.3, -0.25) is 0 Å². The molecular weight excluding hydrogens is 210 g/mol. The first-order valence-corrected chi connectivity index (χ1v) is 6.84. The van der Waals surface area contributed by atoms with Crippen LogP contribution in [0.1, 0.15) is 32.1 Å². The summed E-state index contributed by atoms with van der Waals surface area (Å²) >= 11 is 0.